The number of nitrogens with one attached hydrogen (secondary N) is 1. The molecule has 3 nitrogen and oxygen atoms in total. The summed E-state index contributed by atoms with van der Waals surface area (Å²) in [6, 6.07) is 1.83. The smallest absolute Gasteiger partial charge is 0.126 e. The summed E-state index contributed by atoms with van der Waals surface area (Å²) in [4.78, 5) is 9.44. The molecule has 0 bridgehead atoms. The van der Waals surface area contributed by atoms with Crippen LogP contribution in [0.3, 0.4) is 0 Å². The monoisotopic (exact) mass is 126 g/mol. The highest BCUT2D eigenvalue weighted by Gasteiger charge is 1.62. The first kappa shape index (κ1) is 7.88. The summed E-state index contributed by atoms with van der Waals surface area (Å²) in [5, 5.41) is 6.21. The molecule has 1 N–H and O–H groups in total. The first-order valence-electron chi connectivity index (χ1n) is 2.64. The van der Waals surface area contributed by atoms with E-state index in [0.29, 0.717) is 0 Å². The van der Waals surface area contributed by atoms with Gasteiger partial charge in [-0.25, -0.2) is 0 Å². The van der Waals surface area contributed by atoms with Crippen LogP contribution in [-0.2, 0) is 4.79 Å². The van der Waals surface area contributed by atoms with Crippen molar-refractivity contribution < 1.29 is 4.79 Å². The van der Waals surface area contributed by atoms with Gasteiger partial charge in [-0.2, -0.15) is 5.10 Å². The van der Waals surface area contributed by atoms with Gasteiger partial charge in [0.25, 0.3) is 0 Å². The molecule has 9 heavy (non-hydrogen) atoms. The van der Waals surface area contributed by atoms with Crippen molar-refractivity contribution in [1.82, 2.24) is 10.2 Å². The fourth-order valence-corrected chi connectivity index (χ4v) is 0.215. The summed E-state index contributed by atoms with van der Waals surface area (Å²) >= 11 is 0. The topological polar surface area (TPSA) is 45.8 Å². The standard InChI is InChI=1S/C3H4N2.C3H6O/c1-2-4-5-3-1;1-3(2)4/h1-3H,(H,4,5);1-2H3. The van der Waals surface area contributed by atoms with E-state index in [2.05, 4.69) is 10.2 Å². The fraction of sp³-hybridized carbons (Fsp3) is 0.333. The van der Waals surface area contributed by atoms with Crippen molar-refractivity contribution in [3.63, 3.8) is 0 Å². The minimum atomic E-state index is 0.167. The third kappa shape index (κ3) is 10.9. The number of hydrogen-bond acceptors (Lipinski definition) is 2. The van der Waals surface area contributed by atoms with Crippen LogP contribution < -0.4 is 0 Å². The van der Waals surface area contributed by atoms with Crippen LogP contribution in [0.15, 0.2) is 18.5 Å². The highest BCUT2D eigenvalue weighted by atomic mass is 16.1. The molecule has 0 unspecified atom stereocenters. The minimum Gasteiger partial charge on any atom is -0.300 e. The molecule has 0 saturated heterocycles. The highest BCUT2D eigenvalue weighted by Crippen LogP contribution is 1.64. The third-order valence-electron chi connectivity index (χ3n) is 0.406. The quantitative estimate of drug-likeness (QED) is 0.563. The average Bonchev–Trinajstić information content (AvgIpc) is 2.11. The Morgan fingerprint density at radius 1 is 1.56 bits per heavy atom. The number of carbonyl (C=O) groups is 1. The molecule has 1 aromatic rings. The van der Waals surface area contributed by atoms with Gasteiger partial charge in [0.15, 0.2) is 0 Å². The van der Waals surface area contributed by atoms with Gasteiger partial charge in [0.05, 0.1) is 0 Å². The Hall–Kier alpha value is -1.12. The molecular weight excluding hydrogens is 116 g/mol. The number of Topliss-reactive ketones (excluding diaryl/α,β-unsaturated/α-hetero) is 1. The summed E-state index contributed by atoms with van der Waals surface area (Å²) in [5.41, 5.74) is 0. The summed E-state index contributed by atoms with van der Waals surface area (Å²) in [6.07, 6.45) is 3.46. The van der Waals surface area contributed by atoms with Crippen LogP contribution in [0.5, 0.6) is 0 Å². The van der Waals surface area contributed by atoms with Crippen LogP contribution in [-0.4, -0.2) is 16.0 Å². The second-order valence-electron chi connectivity index (χ2n) is 1.67. The minimum absolute atomic E-state index is 0.167. The van der Waals surface area contributed by atoms with Crippen LogP contribution >= 0.6 is 0 Å². The lowest BCUT2D eigenvalue weighted by molar-refractivity contribution is -0.114. The second kappa shape index (κ2) is 5.03. The normalized spacial score (nSPS) is 7.33. The van der Waals surface area contributed by atoms with Gasteiger partial charge in [-0.1, -0.05) is 0 Å². The van der Waals surface area contributed by atoms with Gasteiger partial charge in [-0.3, -0.25) is 5.10 Å². The first-order chi connectivity index (χ1) is 4.23. The van der Waals surface area contributed by atoms with Gasteiger partial charge < -0.3 is 4.79 Å². The van der Waals surface area contributed by atoms with Gasteiger partial charge in [0.2, 0.25) is 0 Å². The lowest BCUT2D eigenvalue weighted by atomic mass is 10.6. The molecule has 3 heteroatoms. The number of H-pyrrole nitrogens is 1. The number of carbonyl (C=O) groups excluding carboxylic acids is 1. The van der Waals surface area contributed by atoms with E-state index in [4.69, 9.17) is 0 Å². The van der Waals surface area contributed by atoms with Crippen molar-refractivity contribution in [3.05, 3.63) is 18.5 Å². The molecule has 0 amide bonds. The van der Waals surface area contributed by atoms with Gasteiger partial charge in [0, 0.05) is 12.4 Å². The maximum atomic E-state index is 9.44. The summed E-state index contributed by atoms with van der Waals surface area (Å²) in [6.45, 7) is 3.06. The summed E-state index contributed by atoms with van der Waals surface area (Å²) in [7, 11) is 0. The zero-order valence-electron chi connectivity index (χ0n) is 5.59. The van der Waals surface area contributed by atoms with E-state index in [1.807, 2.05) is 6.07 Å². The maximum absolute atomic E-state index is 9.44. The Labute approximate surface area is 54.1 Å². The molecular formula is C6H10N2O. The molecule has 0 radical (unpaired) electrons. The van der Waals surface area contributed by atoms with E-state index in [-0.39, 0.29) is 5.78 Å². The molecule has 0 saturated carbocycles. The Bertz CT molecular complexity index is 125. The number of nitrogens with zero attached hydrogens (tertiary/aromatic N) is 1. The number of ketones is 1. The number of hydrogen-bond donors (Lipinski definition) is 1. The SMILES string of the molecule is CC(C)=O.c1cn[nH]c1. The number of rotatable bonds is 0. The molecule has 0 aliphatic carbocycles. The predicted molar refractivity (Wildman–Crippen MR) is 34.9 cm³/mol. The molecule has 0 aliphatic rings. The van der Waals surface area contributed by atoms with Crippen molar-refractivity contribution in [2.45, 2.75) is 13.8 Å². The second-order valence-corrected chi connectivity index (χ2v) is 1.67. The molecule has 50 valence electrons. The third-order valence-corrected chi connectivity index (χ3v) is 0.406. The van der Waals surface area contributed by atoms with Crippen molar-refractivity contribution in [2.24, 2.45) is 0 Å². The molecule has 1 aromatic heterocycles. The molecule has 0 aliphatic heterocycles. The van der Waals surface area contributed by atoms with E-state index < -0.39 is 0 Å². The summed E-state index contributed by atoms with van der Waals surface area (Å²) in [5.74, 6) is 0.167. The van der Waals surface area contributed by atoms with Gasteiger partial charge in [-0.15, -0.1) is 0 Å². The lowest BCUT2D eigenvalue weighted by Gasteiger charge is -1.56. The Balaban J connectivity index is 0.000000148. The fourth-order valence-electron chi connectivity index (χ4n) is 0.215. The van der Waals surface area contributed by atoms with Crippen LogP contribution in [0.4, 0.5) is 0 Å². The van der Waals surface area contributed by atoms with E-state index in [1.165, 1.54) is 13.8 Å². The highest BCUT2D eigenvalue weighted by molar-refractivity contribution is 5.72. The molecule has 0 spiro atoms. The van der Waals surface area contributed by atoms with E-state index in [1.54, 1.807) is 12.4 Å². The largest absolute Gasteiger partial charge is 0.300 e. The van der Waals surface area contributed by atoms with Crippen LogP contribution in [0.2, 0.25) is 0 Å². The van der Waals surface area contributed by atoms with Crippen LogP contribution in [0.1, 0.15) is 13.8 Å². The summed E-state index contributed by atoms with van der Waals surface area (Å²) < 4.78 is 0. The number of aromatic nitrogens is 2. The van der Waals surface area contributed by atoms with Crippen molar-refractivity contribution in [2.75, 3.05) is 0 Å². The van der Waals surface area contributed by atoms with Gasteiger partial charge in [-0.05, 0) is 19.9 Å². The van der Waals surface area contributed by atoms with Crippen molar-refractivity contribution in [3.8, 4) is 0 Å². The average molecular weight is 126 g/mol. The zero-order valence-corrected chi connectivity index (χ0v) is 5.59. The molecule has 1 heterocycles. The molecule has 0 aromatic carbocycles. The Morgan fingerprint density at radius 2 is 2.11 bits per heavy atom. The van der Waals surface area contributed by atoms with E-state index >= 15 is 0 Å². The lowest BCUT2D eigenvalue weighted by Crippen LogP contribution is -1.69. The van der Waals surface area contributed by atoms with Crippen LogP contribution in [0, 0.1) is 0 Å². The van der Waals surface area contributed by atoms with E-state index in [9.17, 15) is 4.79 Å². The Morgan fingerprint density at radius 3 is 2.22 bits per heavy atom. The predicted octanol–water partition coefficient (Wildman–Crippen LogP) is 1.00. The molecule has 1 rings (SSSR count). The van der Waals surface area contributed by atoms with Gasteiger partial charge in [0.1, 0.15) is 5.78 Å². The molecule has 0 fully saturated rings. The van der Waals surface area contributed by atoms with Crippen LogP contribution in [0.25, 0.3) is 0 Å². The van der Waals surface area contributed by atoms with E-state index in [0.717, 1.165) is 0 Å². The number of aromatic amines is 1. The van der Waals surface area contributed by atoms with Gasteiger partial charge >= 0.3 is 0 Å². The van der Waals surface area contributed by atoms with Crippen molar-refractivity contribution in [1.29, 1.82) is 0 Å². The van der Waals surface area contributed by atoms with Crippen molar-refractivity contribution >= 4 is 5.78 Å². The maximum Gasteiger partial charge on any atom is 0.126 e. The first-order valence-corrected chi connectivity index (χ1v) is 2.64. The zero-order chi connectivity index (χ0) is 7.11. The molecule has 0 atom stereocenters. The Kier molecular flexibility index (Phi) is 4.40.